The van der Waals surface area contributed by atoms with Crippen molar-refractivity contribution in [3.8, 4) is 5.75 Å². The van der Waals surface area contributed by atoms with Crippen LogP contribution in [-0.2, 0) is 6.54 Å². The van der Waals surface area contributed by atoms with Gasteiger partial charge in [-0.25, -0.2) is 0 Å². The highest BCUT2D eigenvalue weighted by atomic mass is 79.9. The van der Waals surface area contributed by atoms with Crippen LogP contribution in [0.15, 0.2) is 33.4 Å². The molecule has 0 saturated heterocycles. The minimum atomic E-state index is -0.313. The summed E-state index contributed by atoms with van der Waals surface area (Å²) in [4.78, 5) is 13.8. The number of phenolic OH excluding ortho intramolecular Hbond substituents is 1. The van der Waals surface area contributed by atoms with Gasteiger partial charge in [0, 0.05) is 18.6 Å². The first-order valence-corrected chi connectivity index (χ1v) is 14.9. The highest BCUT2D eigenvalue weighted by molar-refractivity contribution is 9.10. The summed E-state index contributed by atoms with van der Waals surface area (Å²) in [5, 5.41) is 16.8. The van der Waals surface area contributed by atoms with Crippen LogP contribution in [0.25, 0.3) is 0 Å². The maximum Gasteiger partial charge on any atom is 0.258 e. The summed E-state index contributed by atoms with van der Waals surface area (Å²) < 4.78 is 14.6. The lowest BCUT2D eigenvalue weighted by Crippen LogP contribution is -2.22. The van der Waals surface area contributed by atoms with Crippen LogP contribution in [0.4, 0.5) is 17.3 Å². The molecule has 0 spiro atoms. The van der Waals surface area contributed by atoms with E-state index in [1.165, 1.54) is 37.0 Å². The molecule has 0 aliphatic heterocycles. The van der Waals surface area contributed by atoms with Gasteiger partial charge in [0.15, 0.2) is 17.4 Å². The van der Waals surface area contributed by atoms with Gasteiger partial charge in [0.2, 0.25) is 0 Å². The molecule has 0 aliphatic carbocycles. The van der Waals surface area contributed by atoms with Gasteiger partial charge in [-0.1, -0.05) is 73.6 Å². The number of carbonyl (C=O) groups is 1. The fourth-order valence-corrected chi connectivity index (χ4v) is 4.23. The van der Waals surface area contributed by atoms with Gasteiger partial charge < -0.3 is 25.1 Å². The van der Waals surface area contributed by atoms with Gasteiger partial charge in [0.1, 0.15) is 5.76 Å². The predicted octanol–water partition coefficient (Wildman–Crippen LogP) is 8.78. The van der Waals surface area contributed by atoms with Gasteiger partial charge in [-0.2, -0.15) is 8.75 Å². The number of hydrogen-bond donors (Lipinski definition) is 3. The largest absolute Gasteiger partial charge is 0.505 e. The molecule has 0 unspecified atom stereocenters. The number of rotatable bonds is 11. The molecule has 10 heteroatoms. The third-order valence-electron chi connectivity index (χ3n) is 5.47. The van der Waals surface area contributed by atoms with Crippen LogP contribution in [0.1, 0.15) is 101 Å². The van der Waals surface area contributed by atoms with E-state index in [0.29, 0.717) is 34.3 Å². The normalized spacial score (nSPS) is 10.3. The van der Waals surface area contributed by atoms with Gasteiger partial charge >= 0.3 is 0 Å². The number of carbonyl (C=O) groups excluding carboxylic acids is 1. The Labute approximate surface area is 240 Å². The van der Waals surface area contributed by atoms with Crippen LogP contribution in [0.5, 0.6) is 5.75 Å². The highest BCUT2D eigenvalue weighted by Gasteiger charge is 2.21. The number of aromatic hydroxyl groups is 1. The van der Waals surface area contributed by atoms with Crippen molar-refractivity contribution in [2.75, 3.05) is 24.7 Å². The van der Waals surface area contributed by atoms with Crippen LogP contribution in [0.3, 0.4) is 0 Å². The number of benzene rings is 1. The average Bonchev–Trinajstić information content (AvgIpc) is 3.56. The third-order valence-corrected chi connectivity index (χ3v) is 6.66. The molecule has 2 aromatic heterocycles. The molecule has 2 heterocycles. The third kappa shape index (κ3) is 10.3. The number of amides is 1. The Bertz CT molecular complexity index is 1090. The van der Waals surface area contributed by atoms with E-state index in [9.17, 15) is 9.90 Å². The summed E-state index contributed by atoms with van der Waals surface area (Å²) in [6, 6.07) is 5.36. The minimum Gasteiger partial charge on any atom is -0.505 e. The quantitative estimate of drug-likeness (QED) is 0.147. The zero-order valence-corrected chi connectivity index (χ0v) is 26.4. The molecule has 0 bridgehead atoms. The predicted molar refractivity (Wildman–Crippen MR) is 163 cm³/mol. The number of unbranched alkanes of at least 4 members (excludes halogenated alkanes) is 4. The van der Waals surface area contributed by atoms with Crippen molar-refractivity contribution in [2.45, 2.75) is 86.1 Å². The van der Waals surface area contributed by atoms with E-state index in [0.717, 1.165) is 23.1 Å². The van der Waals surface area contributed by atoms with Crippen molar-refractivity contribution in [3.05, 3.63) is 45.8 Å². The molecule has 212 valence electrons. The molecule has 0 saturated carbocycles. The van der Waals surface area contributed by atoms with Gasteiger partial charge in [-0.3, -0.25) is 4.79 Å². The molecule has 0 atom stereocenters. The van der Waals surface area contributed by atoms with E-state index < -0.39 is 0 Å². The molecule has 3 N–H and O–H groups in total. The fraction of sp³-hybridized carbons (Fsp3) is 0.536. The summed E-state index contributed by atoms with van der Waals surface area (Å²) in [7, 11) is 3.25. The Morgan fingerprint density at radius 3 is 2.29 bits per heavy atom. The maximum absolute atomic E-state index is 12.4. The molecule has 38 heavy (non-hydrogen) atoms. The number of nitrogens with zero attached hydrogens (tertiary/aromatic N) is 3. The van der Waals surface area contributed by atoms with Crippen molar-refractivity contribution < 1.29 is 14.3 Å². The van der Waals surface area contributed by atoms with E-state index in [4.69, 9.17) is 4.42 Å². The molecular formula is C28H44BrN5O3S. The van der Waals surface area contributed by atoms with Gasteiger partial charge in [-0.05, 0) is 45.6 Å². The van der Waals surface area contributed by atoms with E-state index in [1.54, 1.807) is 32.5 Å². The first-order valence-electron chi connectivity index (χ1n) is 13.3. The van der Waals surface area contributed by atoms with Crippen molar-refractivity contribution in [1.29, 1.82) is 0 Å². The first-order chi connectivity index (χ1) is 18.2. The smallest absolute Gasteiger partial charge is 0.258 e. The molecule has 1 amide bonds. The molecule has 8 nitrogen and oxygen atoms in total. The van der Waals surface area contributed by atoms with Gasteiger partial charge in [0.05, 0.1) is 35.8 Å². The number of anilines is 3. The van der Waals surface area contributed by atoms with Gasteiger partial charge in [-0.15, -0.1) is 0 Å². The number of phenols is 1. The maximum atomic E-state index is 12.4. The second kappa shape index (κ2) is 17.8. The van der Waals surface area contributed by atoms with Crippen LogP contribution >= 0.6 is 27.7 Å². The van der Waals surface area contributed by atoms with Gasteiger partial charge in [0.25, 0.3) is 5.91 Å². The first kappa shape index (κ1) is 33.4. The SMILES string of the molecule is CC.CC(C)c1coc(CNc2nsnc2Nc2ccc(Br)c(C(=O)N(C)C)c2O)c1.CCCCCCC. The lowest BCUT2D eigenvalue weighted by atomic mass is 10.1. The van der Waals surface area contributed by atoms with Crippen LogP contribution in [0.2, 0.25) is 0 Å². The van der Waals surface area contributed by atoms with Crippen LogP contribution in [-0.4, -0.2) is 38.8 Å². The molecular weight excluding hydrogens is 566 g/mol. The number of aromatic nitrogens is 2. The van der Waals surface area contributed by atoms with E-state index in [-0.39, 0.29) is 17.2 Å². The van der Waals surface area contributed by atoms with Crippen LogP contribution < -0.4 is 10.6 Å². The monoisotopic (exact) mass is 609 g/mol. The Balaban J connectivity index is 0.000000696. The summed E-state index contributed by atoms with van der Waals surface area (Å²) in [5.74, 6) is 1.69. The standard InChI is InChI=1S/C19H22BrN5O3S.C7H16.C2H6/c1-10(2)11-7-12(28-9-11)8-21-17-18(24-29-23-17)22-14-6-5-13(20)15(16(14)26)19(27)25(3)4;1-3-5-7-6-4-2;1-2/h5-7,9-10,26H,8H2,1-4H3,(H,21,23)(H,22,24);3-7H2,1-2H3;1-2H3. The number of hydrogen-bond acceptors (Lipinski definition) is 8. The topological polar surface area (TPSA) is 104 Å². The second-order valence-electron chi connectivity index (χ2n) is 9.02. The average molecular weight is 611 g/mol. The molecule has 3 rings (SSSR count). The zero-order chi connectivity index (χ0) is 28.7. The summed E-state index contributed by atoms with van der Waals surface area (Å²) in [6.45, 7) is 13.2. The fourth-order valence-electron chi connectivity index (χ4n) is 3.25. The van der Waals surface area contributed by atoms with Crippen molar-refractivity contribution >= 4 is 50.9 Å². The molecule has 3 aromatic rings. The molecule has 0 radical (unpaired) electrons. The van der Waals surface area contributed by atoms with E-state index in [2.05, 4.69) is 63.0 Å². The Morgan fingerprint density at radius 1 is 1.11 bits per heavy atom. The second-order valence-corrected chi connectivity index (χ2v) is 10.4. The lowest BCUT2D eigenvalue weighted by Gasteiger charge is -2.16. The number of nitrogens with one attached hydrogen (secondary N) is 2. The molecule has 0 fully saturated rings. The summed E-state index contributed by atoms with van der Waals surface area (Å²) >= 11 is 4.35. The summed E-state index contributed by atoms with van der Waals surface area (Å²) in [6.07, 6.45) is 8.76. The Hall–Kier alpha value is -2.59. The van der Waals surface area contributed by atoms with Crippen molar-refractivity contribution in [1.82, 2.24) is 13.6 Å². The molecule has 1 aromatic carbocycles. The number of furan rings is 1. The Morgan fingerprint density at radius 2 is 1.74 bits per heavy atom. The number of halogens is 1. The van der Waals surface area contributed by atoms with Crippen molar-refractivity contribution in [3.63, 3.8) is 0 Å². The summed E-state index contributed by atoms with van der Waals surface area (Å²) in [5.41, 5.74) is 1.66. The molecule has 0 aliphatic rings. The Kier molecular flexibility index (Phi) is 15.7. The zero-order valence-electron chi connectivity index (χ0n) is 24.0. The van der Waals surface area contributed by atoms with Crippen LogP contribution in [0, 0.1) is 0 Å². The minimum absolute atomic E-state index is 0.162. The highest BCUT2D eigenvalue weighted by Crippen LogP contribution is 2.37. The van der Waals surface area contributed by atoms with E-state index >= 15 is 0 Å². The lowest BCUT2D eigenvalue weighted by molar-refractivity contribution is 0.0824. The van der Waals surface area contributed by atoms with Crippen molar-refractivity contribution in [2.24, 2.45) is 0 Å². The van der Waals surface area contributed by atoms with E-state index in [1.807, 2.05) is 19.9 Å².